The van der Waals surface area contributed by atoms with E-state index >= 15 is 0 Å². The maximum absolute atomic E-state index is 14.9. The van der Waals surface area contributed by atoms with E-state index in [0.717, 1.165) is 30.0 Å². The van der Waals surface area contributed by atoms with Crippen molar-refractivity contribution >= 4 is 17.5 Å². The van der Waals surface area contributed by atoms with Crippen LogP contribution in [0.5, 0.6) is 5.75 Å². The van der Waals surface area contributed by atoms with Crippen LogP contribution >= 0.6 is 0 Å². The van der Waals surface area contributed by atoms with Crippen molar-refractivity contribution in [2.45, 2.75) is 38.5 Å². The van der Waals surface area contributed by atoms with Crippen molar-refractivity contribution < 1.29 is 19.1 Å². The highest BCUT2D eigenvalue weighted by Gasteiger charge is 2.50. The van der Waals surface area contributed by atoms with Crippen molar-refractivity contribution in [1.29, 1.82) is 0 Å². The van der Waals surface area contributed by atoms with E-state index in [1.165, 1.54) is 56.7 Å². The summed E-state index contributed by atoms with van der Waals surface area (Å²) in [6.45, 7) is 3.18. The molecule has 1 heterocycles. The SMILES string of the molecule is O=C(NCC12CC3CC(CC(C3)C1)C2)c1ccc(N2CCN(C(=O)c3ccc(-c4cccc(O)c4)c(F)c3)CC2)cc1. The van der Waals surface area contributed by atoms with Gasteiger partial charge < -0.3 is 20.2 Å². The van der Waals surface area contributed by atoms with Gasteiger partial charge in [0, 0.05) is 55.1 Å². The molecule has 4 saturated carbocycles. The van der Waals surface area contributed by atoms with Gasteiger partial charge in [-0.2, -0.15) is 0 Å². The maximum atomic E-state index is 14.9. The average molecular weight is 568 g/mol. The zero-order valence-electron chi connectivity index (χ0n) is 23.9. The van der Waals surface area contributed by atoms with Crippen LogP contribution in [0.2, 0.25) is 0 Å². The summed E-state index contributed by atoms with van der Waals surface area (Å²) in [7, 11) is 0. The molecule has 0 atom stereocenters. The molecule has 3 aromatic carbocycles. The number of hydrogen-bond acceptors (Lipinski definition) is 4. The first-order chi connectivity index (χ1) is 20.3. The third kappa shape index (κ3) is 5.25. The standard InChI is InChI=1S/C35H38FN3O3/c36-32-18-28(6-9-31(32)27-2-1-3-30(40)17-27)34(42)39-12-10-38(11-13-39)29-7-4-26(5-8-29)33(41)37-22-35-19-23-14-24(20-35)16-25(15-23)21-35/h1-9,17-18,23-25,40H,10-16,19-22H2,(H,37,41). The fourth-order valence-electron chi connectivity index (χ4n) is 8.61. The monoisotopic (exact) mass is 567 g/mol. The second-order valence-electron chi connectivity index (χ2n) is 13.2. The van der Waals surface area contributed by atoms with Crippen LogP contribution in [0.3, 0.4) is 0 Å². The molecule has 8 rings (SSSR count). The summed E-state index contributed by atoms with van der Waals surface area (Å²) in [6, 6.07) is 18.7. The molecule has 4 aliphatic carbocycles. The molecular weight excluding hydrogens is 529 g/mol. The quantitative estimate of drug-likeness (QED) is 0.377. The Morgan fingerprint density at radius 1 is 0.833 bits per heavy atom. The molecule has 7 heteroatoms. The van der Waals surface area contributed by atoms with Crippen LogP contribution < -0.4 is 10.2 Å². The smallest absolute Gasteiger partial charge is 0.254 e. The summed E-state index contributed by atoms with van der Waals surface area (Å²) in [4.78, 5) is 30.1. The Morgan fingerprint density at radius 3 is 2.10 bits per heavy atom. The van der Waals surface area contributed by atoms with Crippen LogP contribution in [-0.4, -0.2) is 54.5 Å². The van der Waals surface area contributed by atoms with Crippen molar-refractivity contribution in [3.05, 3.63) is 83.7 Å². The predicted molar refractivity (Wildman–Crippen MR) is 161 cm³/mol. The molecule has 1 aliphatic heterocycles. The van der Waals surface area contributed by atoms with Crippen LogP contribution in [0.1, 0.15) is 59.2 Å². The Balaban J connectivity index is 0.927. The van der Waals surface area contributed by atoms with Gasteiger partial charge in [0.15, 0.2) is 0 Å². The topological polar surface area (TPSA) is 72.9 Å². The number of phenols is 1. The lowest BCUT2D eigenvalue weighted by atomic mass is 9.49. The molecular formula is C35H38FN3O3. The number of carbonyl (C=O) groups excluding carboxylic acids is 2. The molecule has 4 bridgehead atoms. The zero-order chi connectivity index (χ0) is 28.8. The Kier molecular flexibility index (Phi) is 6.91. The highest BCUT2D eigenvalue weighted by Crippen LogP contribution is 2.59. The number of amides is 2. The Morgan fingerprint density at radius 2 is 1.48 bits per heavy atom. The van der Waals surface area contributed by atoms with E-state index in [0.29, 0.717) is 53.8 Å². The number of piperazine rings is 1. The van der Waals surface area contributed by atoms with E-state index in [-0.39, 0.29) is 17.6 Å². The fraction of sp³-hybridized carbons (Fsp3) is 0.429. The number of carbonyl (C=O) groups is 2. The minimum Gasteiger partial charge on any atom is -0.508 e. The summed E-state index contributed by atoms with van der Waals surface area (Å²) < 4.78 is 14.9. The van der Waals surface area contributed by atoms with E-state index in [1.54, 1.807) is 29.2 Å². The third-order valence-electron chi connectivity index (χ3n) is 10.2. The molecule has 3 aromatic rings. The van der Waals surface area contributed by atoms with Gasteiger partial charge in [-0.3, -0.25) is 9.59 Å². The van der Waals surface area contributed by atoms with Crippen molar-refractivity contribution in [3.8, 4) is 16.9 Å². The van der Waals surface area contributed by atoms with Crippen LogP contribution in [0.25, 0.3) is 11.1 Å². The number of nitrogens with one attached hydrogen (secondary N) is 1. The minimum atomic E-state index is -0.493. The zero-order valence-corrected chi connectivity index (χ0v) is 23.9. The second kappa shape index (κ2) is 10.8. The summed E-state index contributed by atoms with van der Waals surface area (Å²) >= 11 is 0. The highest BCUT2D eigenvalue weighted by molar-refractivity contribution is 5.95. The number of phenolic OH excluding ortho intramolecular Hbond substituents is 1. The minimum absolute atomic E-state index is 0.00928. The van der Waals surface area contributed by atoms with Crippen molar-refractivity contribution in [3.63, 3.8) is 0 Å². The molecule has 0 unspecified atom stereocenters. The van der Waals surface area contributed by atoms with Gasteiger partial charge in [-0.15, -0.1) is 0 Å². The Bertz CT molecular complexity index is 1460. The van der Waals surface area contributed by atoms with Crippen LogP contribution in [0, 0.1) is 29.0 Å². The summed E-state index contributed by atoms with van der Waals surface area (Å²) in [5.74, 6) is 2.02. The molecule has 2 amide bonds. The molecule has 218 valence electrons. The normalized spacial score (nSPS) is 26.4. The van der Waals surface area contributed by atoms with Gasteiger partial charge >= 0.3 is 0 Å². The summed E-state index contributed by atoms with van der Waals surface area (Å²) in [6.07, 6.45) is 8.07. The van der Waals surface area contributed by atoms with E-state index in [4.69, 9.17) is 0 Å². The number of aromatic hydroxyl groups is 1. The van der Waals surface area contributed by atoms with Gasteiger partial charge in [0.25, 0.3) is 11.8 Å². The molecule has 6 nitrogen and oxygen atoms in total. The first kappa shape index (κ1) is 27.0. The average Bonchev–Trinajstić information content (AvgIpc) is 2.99. The number of nitrogens with zero attached hydrogens (tertiary/aromatic N) is 2. The molecule has 2 N–H and O–H groups in total. The van der Waals surface area contributed by atoms with Gasteiger partial charge in [-0.05, 0) is 116 Å². The first-order valence-electron chi connectivity index (χ1n) is 15.4. The second-order valence-corrected chi connectivity index (χ2v) is 13.2. The van der Waals surface area contributed by atoms with Gasteiger partial charge in [0.1, 0.15) is 11.6 Å². The van der Waals surface area contributed by atoms with Crippen LogP contribution in [0.15, 0.2) is 66.7 Å². The van der Waals surface area contributed by atoms with Crippen LogP contribution in [-0.2, 0) is 0 Å². The maximum Gasteiger partial charge on any atom is 0.254 e. The molecule has 1 saturated heterocycles. The highest BCUT2D eigenvalue weighted by atomic mass is 19.1. The predicted octanol–water partition coefficient (Wildman–Crippen LogP) is 6.11. The van der Waals surface area contributed by atoms with Crippen molar-refractivity contribution in [1.82, 2.24) is 10.2 Å². The molecule has 5 fully saturated rings. The van der Waals surface area contributed by atoms with Crippen molar-refractivity contribution in [2.24, 2.45) is 23.2 Å². The van der Waals surface area contributed by atoms with Gasteiger partial charge in [-0.1, -0.05) is 18.2 Å². The lowest BCUT2D eigenvalue weighted by Crippen LogP contribution is -2.51. The molecule has 0 aromatic heterocycles. The molecule has 42 heavy (non-hydrogen) atoms. The summed E-state index contributed by atoms with van der Waals surface area (Å²) in [5, 5.41) is 13.0. The van der Waals surface area contributed by atoms with Gasteiger partial charge in [0.05, 0.1) is 0 Å². The van der Waals surface area contributed by atoms with Crippen molar-refractivity contribution in [2.75, 3.05) is 37.6 Å². The Hall–Kier alpha value is -3.87. The number of halogens is 1. The molecule has 0 spiro atoms. The number of anilines is 1. The van der Waals surface area contributed by atoms with E-state index in [1.807, 2.05) is 24.3 Å². The van der Waals surface area contributed by atoms with E-state index < -0.39 is 5.82 Å². The van der Waals surface area contributed by atoms with Gasteiger partial charge in [-0.25, -0.2) is 4.39 Å². The number of benzene rings is 3. The van der Waals surface area contributed by atoms with E-state index in [9.17, 15) is 19.1 Å². The molecule has 0 radical (unpaired) electrons. The lowest BCUT2D eigenvalue weighted by Gasteiger charge is -2.56. The van der Waals surface area contributed by atoms with Gasteiger partial charge in [0.2, 0.25) is 0 Å². The fourth-order valence-corrected chi connectivity index (χ4v) is 8.61. The van der Waals surface area contributed by atoms with Crippen LogP contribution in [0.4, 0.5) is 10.1 Å². The number of hydrogen-bond donors (Lipinski definition) is 2. The van der Waals surface area contributed by atoms with E-state index in [2.05, 4.69) is 10.2 Å². The largest absolute Gasteiger partial charge is 0.508 e. The number of rotatable bonds is 6. The lowest BCUT2D eigenvalue weighted by molar-refractivity contribution is -0.0503. The Labute approximate surface area is 246 Å². The third-order valence-corrected chi connectivity index (χ3v) is 10.2. The first-order valence-corrected chi connectivity index (χ1v) is 15.4. The summed E-state index contributed by atoms with van der Waals surface area (Å²) in [5.41, 5.74) is 3.26. The molecule has 5 aliphatic rings.